The Bertz CT molecular complexity index is 673. The van der Waals surface area contributed by atoms with Gasteiger partial charge in [-0.25, -0.2) is 0 Å². The highest BCUT2D eigenvalue weighted by molar-refractivity contribution is 7.07. The summed E-state index contributed by atoms with van der Waals surface area (Å²) in [5, 5.41) is 9.84. The molecule has 0 bridgehead atoms. The third kappa shape index (κ3) is 3.23. The largest absolute Gasteiger partial charge is 0.346 e. The van der Waals surface area contributed by atoms with Crippen LogP contribution in [0.5, 0.6) is 0 Å². The van der Waals surface area contributed by atoms with Crippen molar-refractivity contribution in [3.63, 3.8) is 0 Å². The number of hydrogen-bond donors (Lipinski definition) is 1. The number of halogens is 1. The standard InChI is InChI=1S/C16H17ClN2S/c17-15-1-2-16-14(11-15)4-8-19(16)9-7-18-6-3-13-5-10-20-12-13/h1-2,4-5,8,10-12,18H,3,6-7,9H2. The smallest absolute Gasteiger partial charge is 0.0481 e. The highest BCUT2D eigenvalue weighted by atomic mass is 35.5. The molecule has 104 valence electrons. The van der Waals surface area contributed by atoms with E-state index in [1.165, 1.54) is 16.5 Å². The SMILES string of the molecule is Clc1ccc2c(ccn2CCNCCc2ccsc2)c1. The van der Waals surface area contributed by atoms with Crippen molar-refractivity contribution in [3.8, 4) is 0 Å². The average Bonchev–Trinajstić information content (AvgIpc) is 3.08. The van der Waals surface area contributed by atoms with E-state index in [0.717, 1.165) is 31.1 Å². The van der Waals surface area contributed by atoms with Crippen LogP contribution in [0.25, 0.3) is 10.9 Å². The number of nitrogens with zero attached hydrogens (tertiary/aromatic N) is 1. The van der Waals surface area contributed by atoms with Crippen molar-refractivity contribution in [1.29, 1.82) is 0 Å². The van der Waals surface area contributed by atoms with E-state index in [1.807, 2.05) is 12.1 Å². The molecule has 0 amide bonds. The molecule has 0 radical (unpaired) electrons. The number of nitrogens with one attached hydrogen (secondary N) is 1. The first-order chi connectivity index (χ1) is 9.83. The van der Waals surface area contributed by atoms with Gasteiger partial charge in [-0.1, -0.05) is 11.6 Å². The number of fused-ring (bicyclic) bond motifs is 1. The Morgan fingerprint density at radius 3 is 2.95 bits per heavy atom. The summed E-state index contributed by atoms with van der Waals surface area (Å²) in [5.41, 5.74) is 2.66. The normalized spacial score (nSPS) is 11.2. The molecule has 2 heterocycles. The maximum atomic E-state index is 6.00. The first-order valence-electron chi connectivity index (χ1n) is 6.79. The van der Waals surface area contributed by atoms with Crippen LogP contribution in [0.4, 0.5) is 0 Å². The van der Waals surface area contributed by atoms with Crippen LogP contribution in [0.3, 0.4) is 0 Å². The van der Waals surface area contributed by atoms with Crippen molar-refractivity contribution >= 4 is 33.8 Å². The molecule has 0 spiro atoms. The zero-order valence-corrected chi connectivity index (χ0v) is 12.8. The number of rotatable bonds is 6. The lowest BCUT2D eigenvalue weighted by atomic mass is 10.2. The van der Waals surface area contributed by atoms with E-state index in [2.05, 4.69) is 45.0 Å². The number of aromatic nitrogens is 1. The van der Waals surface area contributed by atoms with Crippen molar-refractivity contribution in [2.45, 2.75) is 13.0 Å². The molecule has 2 aromatic heterocycles. The summed E-state index contributed by atoms with van der Waals surface area (Å²) in [6.45, 7) is 2.99. The first kappa shape index (κ1) is 13.7. The lowest BCUT2D eigenvalue weighted by Gasteiger charge is -2.07. The van der Waals surface area contributed by atoms with Crippen LogP contribution in [0.1, 0.15) is 5.56 Å². The molecule has 4 heteroatoms. The van der Waals surface area contributed by atoms with Crippen molar-refractivity contribution in [2.24, 2.45) is 0 Å². The Kier molecular flexibility index (Phi) is 4.41. The summed E-state index contributed by atoms with van der Waals surface area (Å²) in [5.74, 6) is 0. The molecule has 0 aliphatic heterocycles. The minimum absolute atomic E-state index is 0.795. The Balaban J connectivity index is 1.50. The molecule has 1 N–H and O–H groups in total. The molecule has 0 fully saturated rings. The van der Waals surface area contributed by atoms with Crippen LogP contribution >= 0.6 is 22.9 Å². The lowest BCUT2D eigenvalue weighted by Crippen LogP contribution is -2.21. The van der Waals surface area contributed by atoms with Crippen LogP contribution in [0.15, 0.2) is 47.3 Å². The van der Waals surface area contributed by atoms with Crippen LogP contribution in [0.2, 0.25) is 5.02 Å². The summed E-state index contributed by atoms with van der Waals surface area (Å²) in [7, 11) is 0. The summed E-state index contributed by atoms with van der Waals surface area (Å²) < 4.78 is 2.27. The predicted molar refractivity (Wildman–Crippen MR) is 87.8 cm³/mol. The van der Waals surface area contributed by atoms with Crippen molar-refractivity contribution in [1.82, 2.24) is 9.88 Å². The van der Waals surface area contributed by atoms with E-state index >= 15 is 0 Å². The van der Waals surface area contributed by atoms with Gasteiger partial charge in [0.25, 0.3) is 0 Å². The molecule has 2 nitrogen and oxygen atoms in total. The third-order valence-corrected chi connectivity index (χ3v) is 4.40. The van der Waals surface area contributed by atoms with Gasteiger partial charge >= 0.3 is 0 Å². The topological polar surface area (TPSA) is 17.0 Å². The second-order valence-electron chi connectivity index (χ2n) is 4.84. The minimum atomic E-state index is 0.795. The molecule has 20 heavy (non-hydrogen) atoms. The zero-order valence-electron chi connectivity index (χ0n) is 11.2. The van der Waals surface area contributed by atoms with Gasteiger partial charge in [0.05, 0.1) is 0 Å². The first-order valence-corrected chi connectivity index (χ1v) is 8.11. The zero-order chi connectivity index (χ0) is 13.8. The maximum absolute atomic E-state index is 6.00. The van der Waals surface area contributed by atoms with Gasteiger partial charge in [-0.05, 0) is 59.6 Å². The summed E-state index contributed by atoms with van der Waals surface area (Å²) in [6.07, 6.45) is 3.23. The van der Waals surface area contributed by atoms with Crippen molar-refractivity contribution in [3.05, 3.63) is 57.9 Å². The minimum Gasteiger partial charge on any atom is -0.346 e. The van der Waals surface area contributed by atoms with E-state index in [9.17, 15) is 0 Å². The Morgan fingerprint density at radius 2 is 2.10 bits per heavy atom. The lowest BCUT2D eigenvalue weighted by molar-refractivity contribution is 0.610. The number of hydrogen-bond acceptors (Lipinski definition) is 2. The highest BCUT2D eigenvalue weighted by Gasteiger charge is 2.01. The van der Waals surface area contributed by atoms with Gasteiger partial charge in [0, 0.05) is 35.2 Å². The van der Waals surface area contributed by atoms with Gasteiger partial charge in [-0.3, -0.25) is 0 Å². The second kappa shape index (κ2) is 6.44. The van der Waals surface area contributed by atoms with Gasteiger partial charge in [0.1, 0.15) is 0 Å². The Hall–Kier alpha value is -1.29. The van der Waals surface area contributed by atoms with E-state index in [0.29, 0.717) is 0 Å². The molecular weight excluding hydrogens is 288 g/mol. The van der Waals surface area contributed by atoms with Crippen LogP contribution < -0.4 is 5.32 Å². The molecular formula is C16H17ClN2S. The average molecular weight is 305 g/mol. The molecule has 3 aromatic rings. The van der Waals surface area contributed by atoms with Gasteiger partial charge in [-0.2, -0.15) is 11.3 Å². The van der Waals surface area contributed by atoms with E-state index in [-0.39, 0.29) is 0 Å². The molecule has 0 atom stereocenters. The number of thiophene rings is 1. The second-order valence-corrected chi connectivity index (χ2v) is 6.06. The Morgan fingerprint density at radius 1 is 1.15 bits per heavy atom. The highest BCUT2D eigenvalue weighted by Crippen LogP contribution is 2.20. The van der Waals surface area contributed by atoms with Gasteiger partial charge in [0.15, 0.2) is 0 Å². The van der Waals surface area contributed by atoms with Gasteiger partial charge in [0.2, 0.25) is 0 Å². The fourth-order valence-corrected chi connectivity index (χ4v) is 3.24. The number of benzene rings is 1. The molecule has 0 aliphatic rings. The van der Waals surface area contributed by atoms with Crippen LogP contribution in [-0.2, 0) is 13.0 Å². The molecule has 3 rings (SSSR count). The Labute approximate surface area is 128 Å². The molecule has 0 aliphatic carbocycles. The monoisotopic (exact) mass is 304 g/mol. The van der Waals surface area contributed by atoms with E-state index in [1.54, 1.807) is 11.3 Å². The molecule has 0 saturated carbocycles. The molecule has 0 saturated heterocycles. The van der Waals surface area contributed by atoms with Crippen LogP contribution in [-0.4, -0.2) is 17.7 Å². The third-order valence-electron chi connectivity index (χ3n) is 3.43. The molecule has 1 aromatic carbocycles. The predicted octanol–water partition coefficient (Wildman–Crippen LogP) is 4.19. The maximum Gasteiger partial charge on any atom is 0.0481 e. The van der Waals surface area contributed by atoms with Gasteiger partial charge in [-0.15, -0.1) is 0 Å². The van der Waals surface area contributed by atoms with E-state index < -0.39 is 0 Å². The fraction of sp³-hybridized carbons (Fsp3) is 0.250. The van der Waals surface area contributed by atoms with Crippen molar-refractivity contribution < 1.29 is 0 Å². The summed E-state index contributed by atoms with van der Waals surface area (Å²) in [4.78, 5) is 0. The quantitative estimate of drug-likeness (QED) is 0.676. The van der Waals surface area contributed by atoms with Crippen molar-refractivity contribution in [2.75, 3.05) is 13.1 Å². The summed E-state index contributed by atoms with van der Waals surface area (Å²) in [6, 6.07) is 10.4. The van der Waals surface area contributed by atoms with Gasteiger partial charge < -0.3 is 9.88 Å². The molecule has 0 unspecified atom stereocenters. The fourth-order valence-electron chi connectivity index (χ4n) is 2.36. The van der Waals surface area contributed by atoms with Crippen LogP contribution in [0, 0.1) is 0 Å². The summed E-state index contributed by atoms with van der Waals surface area (Å²) >= 11 is 7.76. The van der Waals surface area contributed by atoms with E-state index in [4.69, 9.17) is 11.6 Å².